The van der Waals surface area contributed by atoms with E-state index in [4.69, 9.17) is 0 Å². The minimum Gasteiger partial charge on any atom is -0.309 e. The van der Waals surface area contributed by atoms with E-state index in [2.05, 4.69) is 15.4 Å². The van der Waals surface area contributed by atoms with Crippen LogP contribution in [-0.2, 0) is 4.79 Å². The van der Waals surface area contributed by atoms with Crippen molar-refractivity contribution in [2.75, 3.05) is 5.32 Å². The second-order valence-electron chi connectivity index (χ2n) is 5.42. The Balaban J connectivity index is 1.61. The average molecular weight is 306 g/mol. The van der Waals surface area contributed by atoms with Crippen LogP contribution >= 0.6 is 0 Å². The number of para-hydroxylation sites is 1. The molecule has 3 rings (SSSR count). The number of nitrogens with one attached hydrogen (secondary N) is 1. The Morgan fingerprint density at radius 2 is 2.00 bits per heavy atom. The van der Waals surface area contributed by atoms with Gasteiger partial charge in [-0.2, -0.15) is 5.10 Å². The van der Waals surface area contributed by atoms with E-state index in [1.54, 1.807) is 23.1 Å². The number of hydrogen-bond donors (Lipinski definition) is 1. The SMILES string of the molecule is C[C@H](CC(=O)Nc1ccn(-c2ccccc2)n1)c1cccnc1. The molecule has 1 atom stereocenters. The molecule has 0 aliphatic carbocycles. The van der Waals surface area contributed by atoms with Gasteiger partial charge in [0.05, 0.1) is 5.69 Å². The van der Waals surface area contributed by atoms with Crippen LogP contribution in [0.2, 0.25) is 0 Å². The van der Waals surface area contributed by atoms with Crippen molar-refractivity contribution in [3.8, 4) is 5.69 Å². The van der Waals surface area contributed by atoms with E-state index in [1.807, 2.05) is 55.6 Å². The fourth-order valence-electron chi connectivity index (χ4n) is 2.37. The number of aromatic nitrogens is 3. The zero-order valence-corrected chi connectivity index (χ0v) is 12.9. The molecule has 0 saturated heterocycles. The van der Waals surface area contributed by atoms with Crippen LogP contribution in [0.25, 0.3) is 5.69 Å². The first-order chi connectivity index (χ1) is 11.2. The first-order valence-corrected chi connectivity index (χ1v) is 7.53. The number of benzene rings is 1. The molecule has 1 amide bonds. The molecule has 0 fully saturated rings. The number of carbonyl (C=O) groups is 1. The summed E-state index contributed by atoms with van der Waals surface area (Å²) in [6, 6.07) is 15.4. The molecule has 2 aromatic heterocycles. The molecule has 0 spiro atoms. The van der Waals surface area contributed by atoms with Crippen LogP contribution in [0.3, 0.4) is 0 Å². The van der Waals surface area contributed by atoms with Crippen molar-refractivity contribution in [1.29, 1.82) is 0 Å². The number of anilines is 1. The van der Waals surface area contributed by atoms with Crippen LogP contribution < -0.4 is 5.32 Å². The Hall–Kier alpha value is -2.95. The summed E-state index contributed by atoms with van der Waals surface area (Å²) in [5.74, 6) is 0.608. The van der Waals surface area contributed by atoms with E-state index in [1.165, 1.54) is 0 Å². The topological polar surface area (TPSA) is 59.8 Å². The largest absolute Gasteiger partial charge is 0.309 e. The summed E-state index contributed by atoms with van der Waals surface area (Å²) in [4.78, 5) is 16.2. The second kappa shape index (κ2) is 6.87. The monoisotopic (exact) mass is 306 g/mol. The van der Waals surface area contributed by atoms with E-state index in [-0.39, 0.29) is 11.8 Å². The highest BCUT2D eigenvalue weighted by Crippen LogP contribution is 2.18. The molecule has 2 heterocycles. The van der Waals surface area contributed by atoms with Crippen molar-refractivity contribution in [1.82, 2.24) is 14.8 Å². The molecule has 5 heteroatoms. The van der Waals surface area contributed by atoms with Crippen LogP contribution in [-0.4, -0.2) is 20.7 Å². The van der Waals surface area contributed by atoms with Gasteiger partial charge in [-0.25, -0.2) is 4.68 Å². The first kappa shape index (κ1) is 15.0. The van der Waals surface area contributed by atoms with Crippen LogP contribution in [0.1, 0.15) is 24.8 Å². The van der Waals surface area contributed by atoms with Crippen LogP contribution in [0.5, 0.6) is 0 Å². The average Bonchev–Trinajstić information content (AvgIpc) is 3.04. The van der Waals surface area contributed by atoms with Gasteiger partial charge < -0.3 is 5.32 Å². The Morgan fingerprint density at radius 1 is 1.17 bits per heavy atom. The molecular formula is C18H18N4O. The van der Waals surface area contributed by atoms with Gasteiger partial charge >= 0.3 is 0 Å². The molecule has 116 valence electrons. The molecule has 3 aromatic rings. The molecule has 5 nitrogen and oxygen atoms in total. The van der Waals surface area contributed by atoms with Gasteiger partial charge in [-0.05, 0) is 29.7 Å². The lowest BCUT2D eigenvalue weighted by Crippen LogP contribution is -2.15. The lowest BCUT2D eigenvalue weighted by Gasteiger charge is -2.10. The van der Waals surface area contributed by atoms with Crippen molar-refractivity contribution in [3.05, 3.63) is 72.7 Å². The summed E-state index contributed by atoms with van der Waals surface area (Å²) in [5.41, 5.74) is 2.01. The maximum Gasteiger partial charge on any atom is 0.226 e. The van der Waals surface area contributed by atoms with Crippen LogP contribution in [0.4, 0.5) is 5.82 Å². The number of nitrogens with zero attached hydrogens (tertiary/aromatic N) is 3. The van der Waals surface area contributed by atoms with Gasteiger partial charge in [0.1, 0.15) is 0 Å². The van der Waals surface area contributed by atoms with E-state index < -0.39 is 0 Å². The van der Waals surface area contributed by atoms with Crippen molar-refractivity contribution in [3.63, 3.8) is 0 Å². The Labute approximate surface area is 135 Å². The van der Waals surface area contributed by atoms with Crippen molar-refractivity contribution in [2.24, 2.45) is 0 Å². The Kier molecular flexibility index (Phi) is 4.47. The summed E-state index contributed by atoms with van der Waals surface area (Å²) >= 11 is 0. The summed E-state index contributed by atoms with van der Waals surface area (Å²) in [6.07, 6.45) is 5.74. The number of amides is 1. The number of hydrogen-bond acceptors (Lipinski definition) is 3. The van der Waals surface area contributed by atoms with Gasteiger partial charge in [-0.3, -0.25) is 9.78 Å². The highest BCUT2D eigenvalue weighted by molar-refractivity contribution is 5.90. The van der Waals surface area contributed by atoms with Crippen molar-refractivity contribution in [2.45, 2.75) is 19.3 Å². The molecule has 0 aliphatic rings. The maximum absolute atomic E-state index is 12.2. The first-order valence-electron chi connectivity index (χ1n) is 7.53. The fraction of sp³-hybridized carbons (Fsp3) is 0.167. The highest BCUT2D eigenvalue weighted by Gasteiger charge is 2.12. The molecule has 0 aliphatic heterocycles. The zero-order chi connectivity index (χ0) is 16.1. The quantitative estimate of drug-likeness (QED) is 0.786. The number of carbonyl (C=O) groups excluding carboxylic acids is 1. The van der Waals surface area contributed by atoms with Gasteiger partial charge in [0.25, 0.3) is 0 Å². The van der Waals surface area contributed by atoms with Crippen LogP contribution in [0.15, 0.2) is 67.1 Å². The molecular weight excluding hydrogens is 288 g/mol. The van der Waals surface area contributed by atoms with E-state index >= 15 is 0 Å². The van der Waals surface area contributed by atoms with Gasteiger partial charge in [-0.15, -0.1) is 0 Å². The van der Waals surface area contributed by atoms with E-state index in [0.717, 1.165) is 11.3 Å². The van der Waals surface area contributed by atoms with Crippen LogP contribution in [0, 0.1) is 0 Å². The Morgan fingerprint density at radius 3 is 2.74 bits per heavy atom. The predicted molar refractivity (Wildman–Crippen MR) is 89.5 cm³/mol. The Bertz CT molecular complexity index is 768. The summed E-state index contributed by atoms with van der Waals surface area (Å²) in [5, 5.41) is 7.21. The molecule has 0 unspecified atom stereocenters. The molecule has 0 radical (unpaired) electrons. The molecule has 1 N–H and O–H groups in total. The lowest BCUT2D eigenvalue weighted by molar-refractivity contribution is -0.116. The summed E-state index contributed by atoms with van der Waals surface area (Å²) in [6.45, 7) is 2.01. The maximum atomic E-state index is 12.2. The van der Waals surface area contributed by atoms with E-state index in [9.17, 15) is 4.79 Å². The molecule has 0 saturated carbocycles. The summed E-state index contributed by atoms with van der Waals surface area (Å²) < 4.78 is 1.74. The third-order valence-electron chi connectivity index (χ3n) is 3.62. The van der Waals surface area contributed by atoms with Gasteiger partial charge in [-0.1, -0.05) is 31.2 Å². The lowest BCUT2D eigenvalue weighted by atomic mass is 9.99. The number of rotatable bonds is 5. The summed E-state index contributed by atoms with van der Waals surface area (Å²) in [7, 11) is 0. The predicted octanol–water partition coefficient (Wildman–Crippen LogP) is 3.40. The smallest absolute Gasteiger partial charge is 0.226 e. The fourth-order valence-corrected chi connectivity index (χ4v) is 2.37. The third kappa shape index (κ3) is 3.83. The second-order valence-corrected chi connectivity index (χ2v) is 5.42. The molecule has 0 bridgehead atoms. The van der Waals surface area contributed by atoms with Gasteiger partial charge in [0.2, 0.25) is 5.91 Å². The van der Waals surface area contributed by atoms with Gasteiger partial charge in [0, 0.05) is 31.1 Å². The molecule has 1 aromatic carbocycles. The number of pyridine rings is 1. The molecule has 23 heavy (non-hydrogen) atoms. The van der Waals surface area contributed by atoms with Gasteiger partial charge in [0.15, 0.2) is 5.82 Å². The normalized spacial score (nSPS) is 11.9. The third-order valence-corrected chi connectivity index (χ3v) is 3.62. The van der Waals surface area contributed by atoms with E-state index in [0.29, 0.717) is 12.2 Å². The highest BCUT2D eigenvalue weighted by atomic mass is 16.1. The minimum absolute atomic E-state index is 0.0559. The standard InChI is InChI=1S/C18H18N4O/c1-14(15-6-5-10-19-13-15)12-18(23)20-17-9-11-22(21-17)16-7-3-2-4-8-16/h2-11,13-14H,12H2,1H3,(H,20,21,23)/t14-/m1/s1. The minimum atomic E-state index is -0.0559. The van der Waals surface area contributed by atoms with Crippen molar-refractivity contribution >= 4 is 11.7 Å². The van der Waals surface area contributed by atoms with Crippen molar-refractivity contribution < 1.29 is 4.79 Å². The zero-order valence-electron chi connectivity index (χ0n) is 12.9.